The average Bonchev–Trinajstić information content (AvgIpc) is 3.41. The molecule has 0 spiro atoms. The Morgan fingerprint density at radius 2 is 0.440 bits per heavy atom. The average molecular weight is 1060 g/mol. The molecule has 75 heavy (non-hydrogen) atoms. The van der Waals surface area contributed by atoms with Crippen molar-refractivity contribution < 1.29 is 28.6 Å². The van der Waals surface area contributed by atoms with E-state index in [0.717, 1.165) is 64.2 Å². The third-order valence-electron chi connectivity index (χ3n) is 15.8. The molecule has 0 radical (unpaired) electrons. The summed E-state index contributed by atoms with van der Waals surface area (Å²) in [5.41, 5.74) is 0. The van der Waals surface area contributed by atoms with Gasteiger partial charge >= 0.3 is 17.9 Å². The van der Waals surface area contributed by atoms with Gasteiger partial charge in [-0.05, 0) is 44.9 Å². The Kier molecular flexibility index (Phi) is 63.1. The summed E-state index contributed by atoms with van der Waals surface area (Å²) in [6.07, 6.45) is 77.0. The summed E-state index contributed by atoms with van der Waals surface area (Å²) in [5.74, 6) is -0.851. The van der Waals surface area contributed by atoms with E-state index in [0.29, 0.717) is 19.3 Å². The van der Waals surface area contributed by atoms with Crippen molar-refractivity contribution in [2.45, 2.75) is 399 Å². The largest absolute Gasteiger partial charge is 0.462 e. The SMILES string of the molecule is CCCCCCC/C=C\CCCCCCCC(=O)OC(COC(=O)CCCCCCCCCCCC)COC(=O)CCCCCCCCCCCCCCCCCCCCCCCCCCCCCCCCCCC. The molecular weight excluding hydrogens is 925 g/mol. The van der Waals surface area contributed by atoms with Crippen LogP contribution in [0.2, 0.25) is 0 Å². The van der Waals surface area contributed by atoms with E-state index >= 15 is 0 Å². The van der Waals surface area contributed by atoms with Gasteiger partial charge in [0.2, 0.25) is 0 Å². The number of allylic oxidation sites excluding steroid dienone is 2. The molecule has 0 rings (SSSR count). The lowest BCUT2D eigenvalue weighted by Crippen LogP contribution is -2.30. The first kappa shape index (κ1) is 73.2. The molecule has 0 aromatic rings. The second-order valence-electron chi connectivity index (χ2n) is 23.5. The molecule has 0 fully saturated rings. The quantitative estimate of drug-likeness (QED) is 0.0261. The fourth-order valence-corrected chi connectivity index (χ4v) is 10.6. The number of esters is 3. The second kappa shape index (κ2) is 64.7. The first-order valence-corrected chi connectivity index (χ1v) is 34.2. The lowest BCUT2D eigenvalue weighted by Gasteiger charge is -2.18. The summed E-state index contributed by atoms with van der Waals surface area (Å²) >= 11 is 0. The number of rotatable bonds is 64. The van der Waals surface area contributed by atoms with Gasteiger partial charge in [-0.3, -0.25) is 14.4 Å². The van der Waals surface area contributed by atoms with Gasteiger partial charge in [0.15, 0.2) is 6.10 Å². The second-order valence-corrected chi connectivity index (χ2v) is 23.5. The Hall–Kier alpha value is -1.85. The maximum Gasteiger partial charge on any atom is 0.306 e. The highest BCUT2D eigenvalue weighted by Gasteiger charge is 2.19. The molecule has 0 aliphatic heterocycles. The topological polar surface area (TPSA) is 78.9 Å². The van der Waals surface area contributed by atoms with Crippen LogP contribution in [-0.2, 0) is 28.6 Å². The number of unbranched alkanes of at least 4 members (excludes halogenated alkanes) is 51. The Balaban J connectivity index is 3.98. The Labute approximate surface area is 469 Å². The number of hydrogen-bond acceptors (Lipinski definition) is 6. The van der Waals surface area contributed by atoms with Gasteiger partial charge in [-0.15, -0.1) is 0 Å². The van der Waals surface area contributed by atoms with Gasteiger partial charge in [-0.2, -0.15) is 0 Å². The Morgan fingerprint density at radius 3 is 0.667 bits per heavy atom. The van der Waals surface area contributed by atoms with E-state index < -0.39 is 6.10 Å². The molecule has 0 saturated carbocycles. The molecule has 0 saturated heterocycles. The first-order chi connectivity index (χ1) is 37.0. The van der Waals surface area contributed by atoms with E-state index in [2.05, 4.69) is 32.9 Å². The smallest absolute Gasteiger partial charge is 0.306 e. The zero-order chi connectivity index (χ0) is 54.3. The van der Waals surface area contributed by atoms with Crippen molar-refractivity contribution in [2.75, 3.05) is 13.2 Å². The van der Waals surface area contributed by atoms with Crippen LogP contribution < -0.4 is 0 Å². The highest BCUT2D eigenvalue weighted by Crippen LogP contribution is 2.19. The van der Waals surface area contributed by atoms with Crippen LogP contribution in [0, 0.1) is 0 Å². The maximum atomic E-state index is 12.8. The minimum atomic E-state index is -0.769. The standard InChI is InChI=1S/C69H132O6/c1-4-7-10-13-16-19-22-24-26-27-28-29-30-31-32-33-34-35-36-37-38-39-40-41-42-43-44-46-47-50-53-56-59-62-68(71)74-65-66(64-73-67(70)61-58-55-52-49-21-18-15-12-9-6-3)75-69(72)63-60-57-54-51-48-45-25-23-20-17-14-11-8-5-2/h23,25,66H,4-22,24,26-65H2,1-3H3/b25-23-. The van der Waals surface area contributed by atoms with E-state index in [1.807, 2.05) is 0 Å². The summed E-state index contributed by atoms with van der Waals surface area (Å²) in [7, 11) is 0. The molecule has 0 amide bonds. The molecule has 1 atom stereocenters. The number of carbonyl (C=O) groups is 3. The van der Waals surface area contributed by atoms with Crippen molar-refractivity contribution >= 4 is 17.9 Å². The summed E-state index contributed by atoms with van der Waals surface area (Å²) in [6, 6.07) is 0. The van der Waals surface area contributed by atoms with Gasteiger partial charge in [0, 0.05) is 19.3 Å². The van der Waals surface area contributed by atoms with E-state index in [1.165, 1.54) is 289 Å². The molecule has 0 aromatic carbocycles. The number of carbonyl (C=O) groups excluding carboxylic acids is 3. The van der Waals surface area contributed by atoms with Gasteiger partial charge in [-0.25, -0.2) is 0 Å². The summed E-state index contributed by atoms with van der Waals surface area (Å²) in [6.45, 7) is 6.68. The summed E-state index contributed by atoms with van der Waals surface area (Å²) in [4.78, 5) is 38.2. The van der Waals surface area contributed by atoms with Gasteiger partial charge in [0.05, 0.1) is 0 Å². The predicted molar refractivity (Wildman–Crippen MR) is 326 cm³/mol. The van der Waals surface area contributed by atoms with Crippen LogP contribution in [0.1, 0.15) is 393 Å². The normalized spacial score (nSPS) is 12.0. The summed E-state index contributed by atoms with van der Waals surface area (Å²) < 4.78 is 16.9. The van der Waals surface area contributed by atoms with Crippen molar-refractivity contribution in [3.8, 4) is 0 Å². The van der Waals surface area contributed by atoms with Gasteiger partial charge in [0.25, 0.3) is 0 Å². The molecule has 6 heteroatoms. The van der Waals surface area contributed by atoms with Gasteiger partial charge in [0.1, 0.15) is 13.2 Å². The van der Waals surface area contributed by atoms with Crippen molar-refractivity contribution in [1.29, 1.82) is 0 Å². The van der Waals surface area contributed by atoms with E-state index in [9.17, 15) is 14.4 Å². The first-order valence-electron chi connectivity index (χ1n) is 34.2. The lowest BCUT2D eigenvalue weighted by atomic mass is 10.0. The molecule has 0 aromatic heterocycles. The Morgan fingerprint density at radius 1 is 0.253 bits per heavy atom. The molecule has 0 aliphatic rings. The predicted octanol–water partition coefficient (Wildman–Crippen LogP) is 23.2. The monoisotopic (exact) mass is 1060 g/mol. The molecule has 6 nitrogen and oxygen atoms in total. The fourth-order valence-electron chi connectivity index (χ4n) is 10.6. The van der Waals surface area contributed by atoms with E-state index in [-0.39, 0.29) is 31.1 Å². The van der Waals surface area contributed by atoms with Crippen molar-refractivity contribution in [1.82, 2.24) is 0 Å². The van der Waals surface area contributed by atoms with Crippen LogP contribution in [0.5, 0.6) is 0 Å². The molecule has 444 valence electrons. The number of hydrogen-bond donors (Lipinski definition) is 0. The van der Waals surface area contributed by atoms with Crippen molar-refractivity contribution in [3.63, 3.8) is 0 Å². The molecule has 1 unspecified atom stereocenters. The molecule has 0 bridgehead atoms. The zero-order valence-corrected chi connectivity index (χ0v) is 51.1. The van der Waals surface area contributed by atoms with Crippen LogP contribution in [-0.4, -0.2) is 37.2 Å². The zero-order valence-electron chi connectivity index (χ0n) is 51.1. The molecule has 0 N–H and O–H groups in total. The highest BCUT2D eigenvalue weighted by atomic mass is 16.6. The summed E-state index contributed by atoms with van der Waals surface area (Å²) in [5, 5.41) is 0. The molecule has 0 heterocycles. The molecule has 0 aliphatic carbocycles. The van der Waals surface area contributed by atoms with Crippen LogP contribution in [0.4, 0.5) is 0 Å². The van der Waals surface area contributed by atoms with Crippen LogP contribution in [0.15, 0.2) is 12.2 Å². The maximum absolute atomic E-state index is 12.8. The Bertz CT molecular complexity index is 1170. The third-order valence-corrected chi connectivity index (χ3v) is 15.8. The van der Waals surface area contributed by atoms with Crippen LogP contribution in [0.3, 0.4) is 0 Å². The minimum absolute atomic E-state index is 0.0674. The van der Waals surface area contributed by atoms with Crippen LogP contribution in [0.25, 0.3) is 0 Å². The lowest BCUT2D eigenvalue weighted by molar-refractivity contribution is -0.167. The minimum Gasteiger partial charge on any atom is -0.462 e. The fraction of sp³-hybridized carbons (Fsp3) is 0.928. The van der Waals surface area contributed by atoms with Crippen molar-refractivity contribution in [3.05, 3.63) is 12.2 Å². The van der Waals surface area contributed by atoms with Gasteiger partial charge < -0.3 is 14.2 Å². The van der Waals surface area contributed by atoms with Crippen LogP contribution >= 0.6 is 0 Å². The highest BCUT2D eigenvalue weighted by molar-refractivity contribution is 5.71. The van der Waals surface area contributed by atoms with E-state index in [1.54, 1.807) is 0 Å². The third kappa shape index (κ3) is 62.9. The van der Waals surface area contributed by atoms with Gasteiger partial charge in [-0.1, -0.05) is 341 Å². The molecular formula is C69H132O6. The van der Waals surface area contributed by atoms with Crippen molar-refractivity contribution in [2.24, 2.45) is 0 Å². The van der Waals surface area contributed by atoms with E-state index in [4.69, 9.17) is 14.2 Å². The number of ether oxygens (including phenoxy) is 3.